The summed E-state index contributed by atoms with van der Waals surface area (Å²) in [5.41, 5.74) is 11.9. The van der Waals surface area contributed by atoms with Crippen molar-refractivity contribution >= 4 is 22.1 Å². The van der Waals surface area contributed by atoms with Crippen molar-refractivity contribution in [2.45, 2.75) is 161 Å². The van der Waals surface area contributed by atoms with Crippen LogP contribution in [0.3, 0.4) is 0 Å². The average molecular weight is 1090 g/mol. The number of imidazole rings is 2. The van der Waals surface area contributed by atoms with Crippen molar-refractivity contribution in [1.82, 2.24) is 9.13 Å². The molecule has 5 N–H and O–H groups in total. The van der Waals surface area contributed by atoms with Gasteiger partial charge < -0.3 is 21.1 Å². The number of nitrogens with two attached hydrogens (primary N) is 1. The van der Waals surface area contributed by atoms with Gasteiger partial charge in [-0.25, -0.2) is 18.3 Å². The number of aromatic nitrogens is 4. The zero-order chi connectivity index (χ0) is 56.5. The zero-order valence-corrected chi connectivity index (χ0v) is 47.4. The molecule has 4 aromatic carbocycles. The Labute approximate surface area is 458 Å². The molecule has 0 aliphatic heterocycles. The molecule has 0 fully saturated rings. The van der Waals surface area contributed by atoms with E-state index in [0.717, 1.165) is 42.9 Å². The van der Waals surface area contributed by atoms with E-state index in [0.29, 0.717) is 0 Å². The molecular formula is C62H85FeN11O3. The van der Waals surface area contributed by atoms with Crippen LogP contribution < -0.4 is 14.9 Å². The van der Waals surface area contributed by atoms with E-state index in [4.69, 9.17) is 52.6 Å². The Bertz CT molecular complexity index is 2700. The average Bonchev–Trinajstić information content (AvgIpc) is 4.03. The number of fused-ring (bicyclic) bond motifs is 2. The molecule has 0 bridgehead atoms. The van der Waals surface area contributed by atoms with Crippen LogP contribution in [0.15, 0.2) is 109 Å². The van der Waals surface area contributed by atoms with Crippen LogP contribution in [0.2, 0.25) is 0 Å². The second kappa shape index (κ2) is 32.6. The van der Waals surface area contributed by atoms with Gasteiger partial charge in [0.2, 0.25) is 0 Å². The number of benzene rings is 4. The molecule has 14 nitrogen and oxygen atoms in total. The molecule has 0 aliphatic rings. The first kappa shape index (κ1) is 64.4. The molecule has 414 valence electrons. The van der Waals surface area contributed by atoms with Gasteiger partial charge in [-0.15, -0.1) is 0 Å². The first-order chi connectivity index (χ1) is 37.3. The number of nitriles is 6. The molecule has 0 saturated carbocycles. The number of aliphatic hydroxyl groups excluding tert-OH is 3. The molecule has 6 aromatic rings. The van der Waals surface area contributed by atoms with E-state index in [1.807, 2.05) is 0 Å². The second-order valence-electron chi connectivity index (χ2n) is 19.8. The molecule has 77 heavy (non-hydrogen) atoms. The van der Waals surface area contributed by atoms with E-state index in [1.54, 1.807) is 0 Å². The van der Waals surface area contributed by atoms with Gasteiger partial charge >= 0.3 is 72.1 Å². The molecule has 0 radical (unpaired) electrons. The standard InChI is InChI=1S/2C26H37N2.C4H11NO3.6CN.Fe/c2*1-3-4-5-6-7-8-9-10-11-17-22-28-25-21-16-15-20-24(25)27(2)26(28)23-18-13-12-14-19-23;5-4(1-6,2-7)3-8;6*1-2;/h2*12-16,18-21H,3-11,17,22H2,1-2H3;6-8H,1-3,5H2;;;;;;;/q2*+1;;;;;;;;-2. The van der Waals surface area contributed by atoms with Crippen LogP contribution >= 0.6 is 0 Å². The van der Waals surface area contributed by atoms with Gasteiger partial charge in [0, 0.05) is 0 Å². The summed E-state index contributed by atoms with van der Waals surface area (Å²) >= 11 is 0. The van der Waals surface area contributed by atoms with Gasteiger partial charge in [0.05, 0.1) is 63.7 Å². The van der Waals surface area contributed by atoms with Crippen molar-refractivity contribution in [1.29, 1.82) is 31.6 Å². The summed E-state index contributed by atoms with van der Waals surface area (Å²) in [5.74, 6) is 2.63. The largest absolute Gasteiger partial charge is 0.394 e. The molecule has 0 saturated heterocycles. The van der Waals surface area contributed by atoms with Gasteiger partial charge in [0.15, 0.2) is 22.1 Å². The van der Waals surface area contributed by atoms with Gasteiger partial charge in [-0.05, 0) is 74.2 Å². The van der Waals surface area contributed by atoms with Gasteiger partial charge in [0.25, 0.3) is 11.6 Å². The third-order valence-electron chi connectivity index (χ3n) is 13.9. The Kier molecular flexibility index (Phi) is 27.3. The number of aryl methyl sites for hydroxylation is 4. The van der Waals surface area contributed by atoms with E-state index in [1.165, 1.54) is 173 Å². The van der Waals surface area contributed by atoms with Crippen LogP contribution in [-0.4, -0.2) is 49.8 Å². The minimum atomic E-state index is -6.17. The van der Waals surface area contributed by atoms with E-state index >= 15 is 0 Å². The van der Waals surface area contributed by atoms with Crippen LogP contribution in [0, 0.1) is 61.4 Å². The Morgan fingerprint density at radius 3 is 0.922 bits per heavy atom. The predicted octanol–water partition coefficient (Wildman–Crippen LogP) is 11.9. The zero-order valence-electron chi connectivity index (χ0n) is 46.3. The van der Waals surface area contributed by atoms with Crippen molar-refractivity contribution < 1.29 is 35.2 Å². The number of hydrogen-bond acceptors (Lipinski definition) is 10. The number of para-hydroxylation sites is 4. The third-order valence-corrected chi connectivity index (χ3v) is 17.6. The molecule has 0 spiro atoms. The van der Waals surface area contributed by atoms with Crippen molar-refractivity contribution in [2.75, 3.05) is 19.8 Å². The van der Waals surface area contributed by atoms with Gasteiger partial charge in [0.1, 0.15) is 0 Å². The summed E-state index contributed by atoms with van der Waals surface area (Å²) in [6.07, 6.45) is 27.6. The van der Waals surface area contributed by atoms with E-state index in [9.17, 15) is 0 Å². The summed E-state index contributed by atoms with van der Waals surface area (Å²) in [4.78, 5) is 6.19. The molecular weight excluding hydrogens is 1000 g/mol. The normalized spacial score (nSPS) is 11.8. The van der Waals surface area contributed by atoms with Crippen LogP contribution in [0.25, 0.3) is 44.8 Å². The maximum Gasteiger partial charge on any atom is 0.0856 e. The smallest absolute Gasteiger partial charge is 0.0856 e. The monoisotopic (exact) mass is 1090 g/mol. The Hall–Kier alpha value is -6.88. The topological polar surface area (TPSA) is 247 Å². The molecule has 2 aromatic heterocycles. The molecule has 0 atom stereocenters. The maximum absolute atomic E-state index is 8.58. The fourth-order valence-corrected chi connectivity index (χ4v) is 9.85. The number of hydrogen-bond donors (Lipinski definition) is 4. The van der Waals surface area contributed by atoms with Crippen molar-refractivity contribution in [3.8, 4) is 52.6 Å². The first-order valence-electron chi connectivity index (χ1n) is 27.4. The van der Waals surface area contributed by atoms with Gasteiger partial charge in [-0.1, -0.05) is 177 Å². The maximum atomic E-state index is 8.58. The van der Waals surface area contributed by atoms with E-state index in [2.05, 4.69) is 155 Å². The molecule has 0 aliphatic carbocycles. The fourth-order valence-electron chi connectivity index (χ4n) is 9.03. The Morgan fingerprint density at radius 1 is 0.416 bits per heavy atom. The second-order valence-corrected chi connectivity index (χ2v) is 25.4. The predicted molar refractivity (Wildman–Crippen MR) is 303 cm³/mol. The summed E-state index contributed by atoms with van der Waals surface area (Å²) in [5, 5.41) is 76.5. The minimum Gasteiger partial charge on any atom is -0.394 e. The van der Waals surface area contributed by atoms with Gasteiger partial charge in [-0.3, -0.25) is 0 Å². The fraction of sp³-hybridized carbons (Fsp3) is 0.484. The van der Waals surface area contributed by atoms with Gasteiger partial charge in [-0.2, -0.15) is 0 Å². The van der Waals surface area contributed by atoms with E-state index in [-0.39, 0.29) is 0 Å². The van der Waals surface area contributed by atoms with Crippen LogP contribution in [0.1, 0.15) is 142 Å². The SMILES string of the molecule is CCCCCCCCCCCC[n+]1c(-c2ccccc2)n(C)c2ccccc21.CCCCCCCCCCCC[n+]1c(-c2ccccc2)n(C)c2ccccc21.N#[C][Fe-2]([C]#N)([C]#N)([C]#N)([C]#N)[C]#N.NC(CO)(CO)CO. The Morgan fingerprint density at radius 2 is 0.675 bits per heavy atom. The van der Waals surface area contributed by atoms with Crippen molar-refractivity contribution in [3.05, 3.63) is 109 Å². The molecule has 15 heteroatoms. The molecule has 2 heterocycles. The number of aliphatic hydroxyl groups is 3. The summed E-state index contributed by atoms with van der Waals surface area (Å²) in [6.45, 7) is 5.57. The minimum absolute atomic E-state index is 0.403. The molecule has 0 amide bonds. The molecule has 0 unspecified atom stereocenters. The van der Waals surface area contributed by atoms with Crippen LogP contribution in [0.5, 0.6) is 0 Å². The van der Waals surface area contributed by atoms with Crippen LogP contribution in [0.4, 0.5) is 0 Å². The molecule has 6 rings (SSSR count). The third kappa shape index (κ3) is 17.3. The summed E-state index contributed by atoms with van der Waals surface area (Å²) < 4.78 is 9.74. The Balaban J connectivity index is 0.000000299. The quantitative estimate of drug-likeness (QED) is 0.0216. The van der Waals surface area contributed by atoms with Crippen molar-refractivity contribution in [3.63, 3.8) is 0 Å². The van der Waals surface area contributed by atoms with E-state index < -0.39 is 36.1 Å². The summed E-state index contributed by atoms with van der Waals surface area (Å²) in [6, 6.07) is 39.2. The van der Waals surface area contributed by atoms with Crippen LogP contribution in [-0.2, 0) is 37.9 Å². The first-order valence-corrected chi connectivity index (χ1v) is 30.7. The number of nitrogens with zero attached hydrogens (tertiary/aromatic N) is 10. The number of rotatable bonds is 27. The number of unbranched alkanes of at least 4 members (excludes halogenated alkanes) is 18. The van der Waals surface area contributed by atoms with Crippen molar-refractivity contribution in [2.24, 2.45) is 19.8 Å². The summed E-state index contributed by atoms with van der Waals surface area (Å²) in [7, 11) is -1.78.